The second kappa shape index (κ2) is 13.8. The summed E-state index contributed by atoms with van der Waals surface area (Å²) >= 11 is 0. The van der Waals surface area contributed by atoms with E-state index < -0.39 is 0 Å². The van der Waals surface area contributed by atoms with Crippen molar-refractivity contribution in [1.82, 2.24) is 23.7 Å². The van der Waals surface area contributed by atoms with Gasteiger partial charge in [0.25, 0.3) is 0 Å². The average molecular weight is 820 g/mol. The first-order valence-electron chi connectivity index (χ1n) is 22.3. The predicted molar refractivity (Wildman–Crippen MR) is 268 cm³/mol. The Morgan fingerprint density at radius 1 is 0.317 bits per heavy atom. The molecule has 0 aliphatic rings. The van der Waals surface area contributed by atoms with Crippen molar-refractivity contribution in [2.75, 3.05) is 0 Å². The molecule has 0 atom stereocenters. The molecule has 4 heterocycles. The van der Waals surface area contributed by atoms with Crippen molar-refractivity contribution < 1.29 is 0 Å². The summed E-state index contributed by atoms with van der Waals surface area (Å²) in [6, 6.07) is 57.0. The monoisotopic (exact) mass is 819 g/mol. The van der Waals surface area contributed by atoms with E-state index in [1.807, 2.05) is 12.1 Å². The number of nitrogens with zero attached hydrogens (tertiary/aromatic N) is 5. The molecule has 0 saturated heterocycles. The zero-order valence-electron chi connectivity index (χ0n) is 37.7. The molecule has 310 valence electrons. The van der Waals surface area contributed by atoms with Crippen LogP contribution in [0.1, 0.15) is 62.3 Å². The Hall–Kier alpha value is -6.98. The maximum absolute atomic E-state index is 5.20. The van der Waals surface area contributed by atoms with Gasteiger partial charge in [-0.15, -0.1) is 0 Å². The molecular formula is C58H53N5. The minimum absolute atomic E-state index is 0.185. The summed E-state index contributed by atoms with van der Waals surface area (Å²) in [6.07, 6.45) is 0. The molecule has 0 aliphatic heterocycles. The van der Waals surface area contributed by atoms with Gasteiger partial charge in [-0.05, 0) is 110 Å². The Balaban J connectivity index is 1.25. The summed E-state index contributed by atoms with van der Waals surface area (Å²) in [5.74, 6) is 0.705. The summed E-state index contributed by atoms with van der Waals surface area (Å²) in [7, 11) is 0. The van der Waals surface area contributed by atoms with Gasteiger partial charge in [-0.2, -0.15) is 0 Å². The second-order valence-electron chi connectivity index (χ2n) is 20.2. The van der Waals surface area contributed by atoms with Crippen LogP contribution in [0.2, 0.25) is 0 Å². The van der Waals surface area contributed by atoms with Crippen LogP contribution < -0.4 is 0 Å². The van der Waals surface area contributed by atoms with Gasteiger partial charge in [-0.1, -0.05) is 121 Å². The molecule has 0 radical (unpaired) electrons. The van der Waals surface area contributed by atoms with Gasteiger partial charge >= 0.3 is 0 Å². The predicted octanol–water partition coefficient (Wildman–Crippen LogP) is 15.7. The van der Waals surface area contributed by atoms with Crippen LogP contribution in [0.3, 0.4) is 0 Å². The van der Waals surface area contributed by atoms with Crippen molar-refractivity contribution in [3.8, 4) is 45.0 Å². The lowest BCUT2D eigenvalue weighted by Crippen LogP contribution is -2.23. The number of benzene rings is 7. The molecule has 0 amide bonds. The van der Waals surface area contributed by atoms with Crippen LogP contribution >= 0.6 is 0 Å². The number of hydrogen-bond donors (Lipinski definition) is 0. The van der Waals surface area contributed by atoms with Crippen molar-refractivity contribution in [3.63, 3.8) is 0 Å². The van der Waals surface area contributed by atoms with Crippen LogP contribution in [-0.2, 0) is 16.6 Å². The Morgan fingerprint density at radius 3 is 1.17 bits per heavy atom. The molecule has 11 aromatic rings. The number of fused-ring (bicyclic) bond motifs is 12. The summed E-state index contributed by atoms with van der Waals surface area (Å²) in [4.78, 5) is 10.4. The smallest absolute Gasteiger partial charge is 0.160 e. The standard InChI is InChI=1S/C58H53N5/c1-56(2,3)61-46-29-18-16-27-41(46)50-52(61)49-42-28-17-19-30-47(42)62(57(4,5)6)53(49)51-43-34-39(31-32-48(43)63(54(50)51)58(7,8)9)38-25-20-26-40(33-38)55-59-44(36-21-12-10-13-22-36)35-45(60-55)37-23-14-11-15-24-37/h10-35H,1-9H3. The molecule has 5 nitrogen and oxygen atoms in total. The minimum atomic E-state index is -0.233. The van der Waals surface area contributed by atoms with E-state index in [0.29, 0.717) is 5.82 Å². The summed E-state index contributed by atoms with van der Waals surface area (Å²) in [5.41, 5.74) is 14.2. The van der Waals surface area contributed by atoms with Crippen LogP contribution in [-0.4, -0.2) is 23.7 Å². The van der Waals surface area contributed by atoms with Crippen molar-refractivity contribution in [3.05, 3.63) is 158 Å². The first-order valence-corrected chi connectivity index (χ1v) is 22.3. The van der Waals surface area contributed by atoms with Gasteiger partial charge in [0, 0.05) is 82.2 Å². The van der Waals surface area contributed by atoms with Crippen LogP contribution in [0, 0.1) is 0 Å². The fourth-order valence-electron chi connectivity index (χ4n) is 10.4. The molecule has 0 aliphatic carbocycles. The number of hydrogen-bond acceptors (Lipinski definition) is 2. The molecule has 5 heteroatoms. The van der Waals surface area contributed by atoms with Crippen molar-refractivity contribution >= 4 is 65.4 Å². The maximum Gasteiger partial charge on any atom is 0.160 e. The van der Waals surface area contributed by atoms with Gasteiger partial charge in [0.05, 0.1) is 27.9 Å². The largest absolute Gasteiger partial charge is 0.334 e. The van der Waals surface area contributed by atoms with E-state index in [-0.39, 0.29) is 16.6 Å². The van der Waals surface area contributed by atoms with Crippen LogP contribution in [0.25, 0.3) is 110 Å². The van der Waals surface area contributed by atoms with Crippen LogP contribution in [0.5, 0.6) is 0 Å². The van der Waals surface area contributed by atoms with E-state index in [0.717, 1.165) is 39.2 Å². The first kappa shape index (κ1) is 38.9. The van der Waals surface area contributed by atoms with E-state index in [9.17, 15) is 0 Å². The normalized spacial score (nSPS) is 12.8. The summed E-state index contributed by atoms with van der Waals surface area (Å²) in [5, 5.41) is 7.77. The van der Waals surface area contributed by atoms with Gasteiger partial charge in [0.1, 0.15) is 0 Å². The van der Waals surface area contributed by atoms with Gasteiger partial charge in [-0.25, -0.2) is 9.97 Å². The van der Waals surface area contributed by atoms with E-state index in [2.05, 4.69) is 222 Å². The molecule has 0 bridgehead atoms. The highest BCUT2D eigenvalue weighted by Crippen LogP contribution is 2.52. The maximum atomic E-state index is 5.20. The Morgan fingerprint density at radius 2 is 0.698 bits per heavy atom. The molecular weight excluding hydrogens is 767 g/mol. The lowest BCUT2D eigenvalue weighted by atomic mass is 9.98. The quantitative estimate of drug-likeness (QED) is 0.177. The molecule has 7 aromatic carbocycles. The molecule has 0 unspecified atom stereocenters. The fourth-order valence-corrected chi connectivity index (χ4v) is 10.4. The third-order valence-corrected chi connectivity index (χ3v) is 12.8. The Kier molecular flexibility index (Phi) is 8.50. The summed E-state index contributed by atoms with van der Waals surface area (Å²) < 4.78 is 7.89. The van der Waals surface area contributed by atoms with E-state index in [1.165, 1.54) is 65.4 Å². The van der Waals surface area contributed by atoms with Crippen LogP contribution in [0.15, 0.2) is 158 Å². The minimum Gasteiger partial charge on any atom is -0.334 e. The number of aromatic nitrogens is 5. The molecule has 0 N–H and O–H groups in total. The lowest BCUT2D eigenvalue weighted by Gasteiger charge is -2.27. The molecule has 0 spiro atoms. The molecule has 63 heavy (non-hydrogen) atoms. The Labute approximate surface area is 369 Å². The van der Waals surface area contributed by atoms with Crippen molar-refractivity contribution in [2.24, 2.45) is 0 Å². The first-order chi connectivity index (χ1) is 30.2. The lowest BCUT2D eigenvalue weighted by molar-refractivity contribution is 0.421. The highest BCUT2D eigenvalue weighted by molar-refractivity contribution is 6.39. The Bertz CT molecular complexity index is 3500. The zero-order valence-corrected chi connectivity index (χ0v) is 37.7. The zero-order chi connectivity index (χ0) is 43.6. The second-order valence-corrected chi connectivity index (χ2v) is 20.2. The highest BCUT2D eigenvalue weighted by atomic mass is 15.1. The number of rotatable bonds is 4. The molecule has 4 aromatic heterocycles. The topological polar surface area (TPSA) is 40.6 Å². The van der Waals surface area contributed by atoms with Gasteiger partial charge < -0.3 is 13.7 Å². The van der Waals surface area contributed by atoms with Crippen molar-refractivity contribution in [2.45, 2.75) is 78.9 Å². The van der Waals surface area contributed by atoms with Crippen LogP contribution in [0.4, 0.5) is 0 Å². The molecule has 0 fully saturated rings. The van der Waals surface area contributed by atoms with E-state index in [1.54, 1.807) is 0 Å². The van der Waals surface area contributed by atoms with Crippen molar-refractivity contribution in [1.29, 1.82) is 0 Å². The van der Waals surface area contributed by atoms with E-state index in [4.69, 9.17) is 9.97 Å². The number of para-hydroxylation sites is 2. The molecule has 11 rings (SSSR count). The third kappa shape index (κ3) is 6.04. The van der Waals surface area contributed by atoms with Gasteiger partial charge in [0.15, 0.2) is 5.82 Å². The summed E-state index contributed by atoms with van der Waals surface area (Å²) in [6.45, 7) is 21.2. The average Bonchev–Trinajstić information content (AvgIpc) is 3.93. The third-order valence-electron chi connectivity index (χ3n) is 12.8. The van der Waals surface area contributed by atoms with Gasteiger partial charge in [-0.3, -0.25) is 0 Å². The highest BCUT2D eigenvalue weighted by Gasteiger charge is 2.34. The SMILES string of the molecule is CC(C)(C)n1c2ccccc2c2c1c1c3ccccc3n(C(C)(C)C)c1c1c3cc(-c4cccc(-c5nc(-c6ccccc6)cc(-c6ccccc6)n5)c4)ccc3n(C(C)(C)C)c21. The van der Waals surface area contributed by atoms with E-state index >= 15 is 0 Å². The van der Waals surface area contributed by atoms with Gasteiger partial charge in [0.2, 0.25) is 0 Å². The molecule has 0 saturated carbocycles. The fraction of sp³-hybridized carbons (Fsp3) is 0.207.